The highest BCUT2D eigenvalue weighted by Crippen LogP contribution is 2.38. The van der Waals surface area contributed by atoms with Gasteiger partial charge in [0.15, 0.2) is 5.82 Å². The van der Waals surface area contributed by atoms with Gasteiger partial charge in [0.1, 0.15) is 0 Å². The zero-order chi connectivity index (χ0) is 14.9. The number of rotatable bonds is 3. The van der Waals surface area contributed by atoms with Crippen molar-refractivity contribution in [2.75, 3.05) is 0 Å². The van der Waals surface area contributed by atoms with Gasteiger partial charge in [-0.1, -0.05) is 41.7 Å². The quantitative estimate of drug-likeness (QED) is 0.932. The number of halogens is 1. The van der Waals surface area contributed by atoms with Gasteiger partial charge >= 0.3 is 0 Å². The molecule has 2 aromatic rings. The lowest BCUT2D eigenvalue weighted by Gasteiger charge is -2.24. The van der Waals surface area contributed by atoms with Crippen LogP contribution in [-0.2, 0) is 6.42 Å². The molecule has 1 aliphatic heterocycles. The molecule has 4 rings (SSSR count). The van der Waals surface area contributed by atoms with Gasteiger partial charge in [-0.3, -0.25) is 0 Å². The molecular formula is C17H20ClN3O. The third kappa shape index (κ3) is 2.90. The Morgan fingerprint density at radius 2 is 2.00 bits per heavy atom. The average molecular weight is 318 g/mol. The second-order valence-corrected chi connectivity index (χ2v) is 6.89. The van der Waals surface area contributed by atoms with Crippen LogP contribution in [0.1, 0.15) is 55.4 Å². The van der Waals surface area contributed by atoms with Crippen LogP contribution in [-0.4, -0.2) is 16.2 Å². The molecule has 4 nitrogen and oxygen atoms in total. The maximum atomic E-state index is 5.91. The van der Waals surface area contributed by atoms with Gasteiger partial charge in [0.2, 0.25) is 5.89 Å². The van der Waals surface area contributed by atoms with Gasteiger partial charge in [-0.25, -0.2) is 0 Å². The lowest BCUT2D eigenvalue weighted by atomic mass is 9.85. The van der Waals surface area contributed by atoms with Gasteiger partial charge in [-0.15, -0.1) is 0 Å². The first kappa shape index (κ1) is 14.2. The summed E-state index contributed by atoms with van der Waals surface area (Å²) in [6, 6.07) is 8.66. The van der Waals surface area contributed by atoms with Crippen molar-refractivity contribution in [3.05, 3.63) is 46.6 Å². The summed E-state index contributed by atoms with van der Waals surface area (Å²) in [5.74, 6) is 2.28. The largest absolute Gasteiger partial charge is 0.338 e. The number of nitrogens with one attached hydrogen (secondary N) is 1. The fourth-order valence-electron chi connectivity index (χ4n) is 3.78. The van der Waals surface area contributed by atoms with Crippen LogP contribution in [0.2, 0.25) is 5.02 Å². The van der Waals surface area contributed by atoms with Crippen molar-refractivity contribution in [3.8, 4) is 0 Å². The molecule has 3 unspecified atom stereocenters. The molecule has 2 fully saturated rings. The molecule has 116 valence electrons. The van der Waals surface area contributed by atoms with Crippen molar-refractivity contribution in [2.45, 2.75) is 50.6 Å². The number of nitrogens with zero attached hydrogens (tertiary/aromatic N) is 2. The predicted molar refractivity (Wildman–Crippen MR) is 84.8 cm³/mol. The van der Waals surface area contributed by atoms with Crippen molar-refractivity contribution in [2.24, 2.45) is 5.92 Å². The van der Waals surface area contributed by atoms with Crippen LogP contribution in [0.15, 0.2) is 28.8 Å². The molecule has 5 heteroatoms. The maximum absolute atomic E-state index is 5.91. The summed E-state index contributed by atoms with van der Waals surface area (Å²) < 4.78 is 5.50. The van der Waals surface area contributed by atoms with E-state index in [2.05, 4.69) is 15.5 Å². The lowest BCUT2D eigenvalue weighted by Crippen LogP contribution is -2.30. The smallest absolute Gasteiger partial charge is 0.243 e. The fourth-order valence-corrected chi connectivity index (χ4v) is 3.90. The molecule has 1 N–H and O–H groups in total. The van der Waals surface area contributed by atoms with Crippen molar-refractivity contribution >= 4 is 11.6 Å². The van der Waals surface area contributed by atoms with Gasteiger partial charge in [0, 0.05) is 17.5 Å². The number of benzene rings is 1. The number of aromatic nitrogens is 2. The minimum Gasteiger partial charge on any atom is -0.338 e. The first-order valence-corrected chi connectivity index (χ1v) is 8.49. The van der Waals surface area contributed by atoms with Gasteiger partial charge in [-0.05, 0) is 42.9 Å². The SMILES string of the molecule is Clc1ccc(Cc2noc(C3CC4CCCCC4N3)n2)cc1. The molecule has 22 heavy (non-hydrogen) atoms. The zero-order valence-electron chi connectivity index (χ0n) is 12.5. The van der Waals surface area contributed by atoms with Gasteiger partial charge < -0.3 is 9.84 Å². The molecule has 2 heterocycles. The van der Waals surface area contributed by atoms with Gasteiger partial charge in [-0.2, -0.15) is 4.98 Å². The molecule has 1 saturated carbocycles. The summed E-state index contributed by atoms with van der Waals surface area (Å²) in [5.41, 5.74) is 1.14. The number of hydrogen-bond donors (Lipinski definition) is 1. The molecule has 0 bridgehead atoms. The molecule has 2 aliphatic rings. The zero-order valence-corrected chi connectivity index (χ0v) is 13.2. The van der Waals surface area contributed by atoms with Crippen LogP contribution < -0.4 is 5.32 Å². The third-order valence-electron chi connectivity index (χ3n) is 4.92. The Kier molecular flexibility index (Phi) is 3.89. The summed E-state index contributed by atoms with van der Waals surface area (Å²) in [4.78, 5) is 4.59. The van der Waals surface area contributed by atoms with E-state index in [1.165, 1.54) is 25.7 Å². The van der Waals surface area contributed by atoms with E-state index in [1.54, 1.807) is 0 Å². The Morgan fingerprint density at radius 1 is 1.18 bits per heavy atom. The molecule has 3 atom stereocenters. The van der Waals surface area contributed by atoms with Crippen molar-refractivity contribution in [3.63, 3.8) is 0 Å². The highest BCUT2D eigenvalue weighted by atomic mass is 35.5. The normalized spacial score (nSPS) is 27.8. The Balaban J connectivity index is 1.44. The predicted octanol–water partition coefficient (Wildman–Crippen LogP) is 3.91. The summed E-state index contributed by atoms with van der Waals surface area (Å²) >= 11 is 5.91. The van der Waals surface area contributed by atoms with E-state index >= 15 is 0 Å². The number of hydrogen-bond acceptors (Lipinski definition) is 4. The van der Waals surface area contributed by atoms with E-state index < -0.39 is 0 Å². The summed E-state index contributed by atoms with van der Waals surface area (Å²) in [6.45, 7) is 0. The van der Waals surface area contributed by atoms with Gasteiger partial charge in [0.25, 0.3) is 0 Å². The Bertz CT molecular complexity index is 626. The van der Waals surface area contributed by atoms with Crippen LogP contribution in [0.4, 0.5) is 0 Å². The average Bonchev–Trinajstić information content (AvgIpc) is 3.15. The van der Waals surface area contributed by atoms with Crippen molar-refractivity contribution in [1.29, 1.82) is 0 Å². The Morgan fingerprint density at radius 3 is 2.82 bits per heavy atom. The monoisotopic (exact) mass is 317 g/mol. The second kappa shape index (κ2) is 6.01. The Labute approximate surface area is 135 Å². The fraction of sp³-hybridized carbons (Fsp3) is 0.529. The molecule has 1 aromatic carbocycles. The standard InChI is InChI=1S/C17H20ClN3O/c18-13-7-5-11(6-8-13)9-16-20-17(22-21-16)15-10-12-3-1-2-4-14(12)19-15/h5-8,12,14-15,19H,1-4,9-10H2. The van der Waals surface area contributed by atoms with Crippen LogP contribution in [0, 0.1) is 5.92 Å². The van der Waals surface area contributed by atoms with E-state index in [9.17, 15) is 0 Å². The minimum absolute atomic E-state index is 0.236. The molecule has 1 aliphatic carbocycles. The molecule has 1 saturated heterocycles. The highest BCUT2D eigenvalue weighted by molar-refractivity contribution is 6.30. The minimum atomic E-state index is 0.236. The topological polar surface area (TPSA) is 51.0 Å². The lowest BCUT2D eigenvalue weighted by molar-refractivity contribution is 0.324. The van der Waals surface area contributed by atoms with E-state index in [1.807, 2.05) is 24.3 Å². The second-order valence-electron chi connectivity index (χ2n) is 6.46. The molecule has 0 spiro atoms. The van der Waals surface area contributed by atoms with Crippen molar-refractivity contribution in [1.82, 2.24) is 15.5 Å². The number of fused-ring (bicyclic) bond motifs is 1. The molecule has 1 aromatic heterocycles. The van der Waals surface area contributed by atoms with Crippen LogP contribution >= 0.6 is 11.6 Å². The van der Waals surface area contributed by atoms with E-state index in [0.29, 0.717) is 12.5 Å². The Hall–Kier alpha value is -1.39. The van der Waals surface area contributed by atoms with Gasteiger partial charge in [0.05, 0.1) is 6.04 Å². The van der Waals surface area contributed by atoms with E-state index in [-0.39, 0.29) is 6.04 Å². The summed E-state index contributed by atoms with van der Waals surface area (Å²) in [6.07, 6.45) is 7.13. The van der Waals surface area contributed by atoms with Crippen LogP contribution in [0.25, 0.3) is 0 Å². The van der Waals surface area contributed by atoms with E-state index in [0.717, 1.165) is 34.6 Å². The molecule has 0 radical (unpaired) electrons. The summed E-state index contributed by atoms with van der Waals surface area (Å²) in [7, 11) is 0. The third-order valence-corrected chi connectivity index (χ3v) is 5.17. The summed E-state index contributed by atoms with van der Waals surface area (Å²) in [5, 5.41) is 8.56. The van der Waals surface area contributed by atoms with Crippen molar-refractivity contribution < 1.29 is 4.52 Å². The first-order valence-electron chi connectivity index (χ1n) is 8.11. The first-order chi connectivity index (χ1) is 10.8. The maximum Gasteiger partial charge on any atom is 0.243 e. The van der Waals surface area contributed by atoms with Crippen LogP contribution in [0.3, 0.4) is 0 Å². The molecule has 0 amide bonds. The van der Waals surface area contributed by atoms with Crippen LogP contribution in [0.5, 0.6) is 0 Å². The molecular weight excluding hydrogens is 298 g/mol. The highest BCUT2D eigenvalue weighted by Gasteiger charge is 2.38. The van der Waals surface area contributed by atoms with E-state index in [4.69, 9.17) is 16.1 Å².